The number of hydrogen-bond acceptors (Lipinski definition) is 9. The van der Waals surface area contributed by atoms with Gasteiger partial charge in [-0.1, -0.05) is 53.5 Å². The maximum Gasteiger partial charge on any atom is 0.417 e. The van der Waals surface area contributed by atoms with Gasteiger partial charge in [-0.2, -0.15) is 18.4 Å². The molecule has 1 aliphatic rings. The topological polar surface area (TPSA) is 128 Å². The Morgan fingerprint density at radius 3 is 2.14 bits per heavy atom. The summed E-state index contributed by atoms with van der Waals surface area (Å²) < 4.78 is 54.2. The van der Waals surface area contributed by atoms with Crippen molar-refractivity contribution in [2.75, 3.05) is 19.1 Å². The van der Waals surface area contributed by atoms with Crippen LogP contribution in [0.25, 0.3) is 0 Å². The van der Waals surface area contributed by atoms with Gasteiger partial charge in [0, 0.05) is 12.3 Å². The Morgan fingerprint density at radius 1 is 1.02 bits per heavy atom. The number of hydrogen-bond donors (Lipinski definition) is 1. The van der Waals surface area contributed by atoms with Crippen LogP contribution in [0.2, 0.25) is 10.0 Å². The van der Waals surface area contributed by atoms with Gasteiger partial charge in [0.05, 0.1) is 58.6 Å². The lowest BCUT2D eigenvalue weighted by molar-refractivity contribution is -0.139. The number of carbonyl (C=O) groups excluding carboxylic acids is 2. The molecule has 216 valence electrons. The number of esters is 2. The zero-order valence-electron chi connectivity index (χ0n) is 21.7. The van der Waals surface area contributed by atoms with Gasteiger partial charge in [-0.3, -0.25) is 4.90 Å². The van der Waals surface area contributed by atoms with E-state index in [1.807, 2.05) is 6.07 Å². The molecule has 1 unspecified atom stereocenters. The average molecular weight is 619 g/mol. The Morgan fingerprint density at radius 2 is 1.64 bits per heavy atom. The van der Waals surface area contributed by atoms with Crippen molar-refractivity contribution in [3.05, 3.63) is 105 Å². The normalized spacial score (nSPS) is 15.3. The summed E-state index contributed by atoms with van der Waals surface area (Å²) in [4.78, 5) is 31.1. The summed E-state index contributed by atoms with van der Waals surface area (Å²) in [5, 5.41) is 9.81. The van der Waals surface area contributed by atoms with Crippen molar-refractivity contribution in [1.82, 2.24) is 4.98 Å². The summed E-state index contributed by atoms with van der Waals surface area (Å²) in [7, 11) is 2.20. The Hall–Kier alpha value is -4.73. The molecule has 42 heavy (non-hydrogen) atoms. The van der Waals surface area contributed by atoms with Crippen molar-refractivity contribution in [3.63, 3.8) is 0 Å². The number of alkyl halides is 3. The molecule has 1 atom stereocenters. The van der Waals surface area contributed by atoms with E-state index in [1.54, 1.807) is 30.3 Å². The molecule has 0 spiro atoms. The molecule has 0 fully saturated rings. The molecule has 0 aliphatic carbocycles. The van der Waals surface area contributed by atoms with Gasteiger partial charge in [0.2, 0.25) is 5.88 Å². The Balaban J connectivity index is 1.88. The Labute approximate surface area is 247 Å². The average Bonchev–Trinajstić information content (AvgIpc) is 2.97. The van der Waals surface area contributed by atoms with Crippen LogP contribution in [0.4, 0.5) is 18.9 Å². The molecule has 0 saturated heterocycles. The lowest BCUT2D eigenvalue weighted by atomic mass is 9.81. The standard InChI is InChI=1S/C28H19Cl2F3N4O5/c1-40-26(38)22-21(14-6-4-3-5-7-14)17(12-34)25(35)37(23(22)27(39)41-2)16-10-18(29)24(19(30)11-16)42-20-9-8-15(13-36-20)28(31,32)33/h3-11,13,21H,35H2,1-2H3. The number of rotatable bonds is 6. The fraction of sp³-hybridized carbons (Fsp3) is 0.143. The third-order valence-electron chi connectivity index (χ3n) is 6.12. The maximum atomic E-state index is 13.2. The molecular weight excluding hydrogens is 600 g/mol. The summed E-state index contributed by atoms with van der Waals surface area (Å²) in [5.41, 5.74) is 5.29. The van der Waals surface area contributed by atoms with Crippen LogP contribution >= 0.6 is 23.2 Å². The largest absolute Gasteiger partial charge is 0.466 e. The first kappa shape index (κ1) is 30.2. The SMILES string of the molecule is COC(=O)C1=C(C(=O)OC)N(c2cc(Cl)c(Oc3ccc(C(F)(F)F)cn3)c(Cl)c2)C(N)=C(C#N)C1c1ccccc1. The van der Waals surface area contributed by atoms with E-state index in [4.69, 9.17) is 43.1 Å². The molecular formula is C28H19Cl2F3N4O5. The third kappa shape index (κ3) is 5.70. The van der Waals surface area contributed by atoms with Crippen molar-refractivity contribution >= 4 is 40.8 Å². The summed E-state index contributed by atoms with van der Waals surface area (Å²) in [6.45, 7) is 0. The number of benzene rings is 2. The number of nitrogens with two attached hydrogens (primary N) is 1. The van der Waals surface area contributed by atoms with Gasteiger partial charge in [0.15, 0.2) is 5.75 Å². The molecule has 2 N–H and O–H groups in total. The minimum absolute atomic E-state index is 0.0243. The highest BCUT2D eigenvalue weighted by atomic mass is 35.5. The molecule has 1 aromatic heterocycles. The lowest BCUT2D eigenvalue weighted by Gasteiger charge is -2.36. The number of nitrogens with zero attached hydrogens (tertiary/aromatic N) is 3. The summed E-state index contributed by atoms with van der Waals surface area (Å²) >= 11 is 12.9. The smallest absolute Gasteiger partial charge is 0.417 e. The molecule has 9 nitrogen and oxygen atoms in total. The summed E-state index contributed by atoms with van der Waals surface area (Å²) in [5.74, 6) is -3.65. The van der Waals surface area contributed by atoms with Crippen LogP contribution in [0.3, 0.4) is 0 Å². The predicted molar refractivity (Wildman–Crippen MR) is 145 cm³/mol. The first-order chi connectivity index (χ1) is 19.9. The van der Waals surface area contributed by atoms with Gasteiger partial charge in [-0.25, -0.2) is 14.6 Å². The maximum absolute atomic E-state index is 13.2. The fourth-order valence-corrected chi connectivity index (χ4v) is 4.82. The number of ether oxygens (including phenoxy) is 3. The zero-order chi connectivity index (χ0) is 30.8. The number of anilines is 1. The van der Waals surface area contributed by atoms with Crippen LogP contribution in [0.15, 0.2) is 83.5 Å². The molecule has 0 bridgehead atoms. The van der Waals surface area contributed by atoms with Crippen molar-refractivity contribution in [2.24, 2.45) is 5.73 Å². The summed E-state index contributed by atoms with van der Waals surface area (Å²) in [6.07, 6.45) is -4.01. The number of methoxy groups -OCH3 is 2. The number of aromatic nitrogens is 1. The van der Waals surface area contributed by atoms with E-state index in [0.717, 1.165) is 31.3 Å². The van der Waals surface area contributed by atoms with Gasteiger partial charge in [-0.05, 0) is 23.8 Å². The molecule has 2 aromatic carbocycles. The Bertz CT molecular complexity index is 1630. The number of carbonyl (C=O) groups is 2. The van der Waals surface area contributed by atoms with Crippen LogP contribution < -0.4 is 15.4 Å². The highest BCUT2D eigenvalue weighted by Crippen LogP contribution is 2.46. The first-order valence-corrected chi connectivity index (χ1v) is 12.5. The van der Waals surface area contributed by atoms with Crippen LogP contribution in [0.1, 0.15) is 17.0 Å². The van der Waals surface area contributed by atoms with Crippen LogP contribution in [0.5, 0.6) is 11.6 Å². The predicted octanol–water partition coefficient (Wildman–Crippen LogP) is 6.10. The minimum Gasteiger partial charge on any atom is -0.466 e. The first-order valence-electron chi connectivity index (χ1n) is 11.8. The van der Waals surface area contributed by atoms with E-state index in [9.17, 15) is 28.0 Å². The molecule has 14 heteroatoms. The van der Waals surface area contributed by atoms with E-state index < -0.39 is 29.6 Å². The van der Waals surface area contributed by atoms with Gasteiger partial charge < -0.3 is 19.9 Å². The Kier molecular flexibility index (Phi) is 8.65. The van der Waals surface area contributed by atoms with Gasteiger partial charge in [0.1, 0.15) is 11.5 Å². The van der Waals surface area contributed by atoms with Crippen molar-refractivity contribution in [3.8, 4) is 17.7 Å². The molecule has 1 aliphatic heterocycles. The molecule has 0 radical (unpaired) electrons. The van der Waals surface area contributed by atoms with Crippen molar-refractivity contribution in [1.29, 1.82) is 5.26 Å². The van der Waals surface area contributed by atoms with Gasteiger partial charge >= 0.3 is 18.1 Å². The van der Waals surface area contributed by atoms with Crippen LogP contribution in [-0.2, 0) is 25.2 Å². The number of pyridine rings is 1. The monoisotopic (exact) mass is 618 g/mol. The molecule has 2 heterocycles. The zero-order valence-corrected chi connectivity index (χ0v) is 23.2. The van der Waals surface area contributed by atoms with Crippen molar-refractivity contribution < 1.29 is 37.0 Å². The second-order valence-electron chi connectivity index (χ2n) is 8.56. The second-order valence-corrected chi connectivity index (χ2v) is 9.37. The molecule has 0 amide bonds. The van der Waals surface area contributed by atoms with E-state index in [1.165, 1.54) is 12.1 Å². The van der Waals surface area contributed by atoms with Crippen LogP contribution in [-0.4, -0.2) is 31.1 Å². The second kappa shape index (κ2) is 12.0. The lowest BCUT2D eigenvalue weighted by Crippen LogP contribution is -2.40. The highest BCUT2D eigenvalue weighted by Gasteiger charge is 2.43. The van der Waals surface area contributed by atoms with Crippen LogP contribution in [0, 0.1) is 11.3 Å². The van der Waals surface area contributed by atoms with E-state index in [2.05, 4.69) is 4.98 Å². The van der Waals surface area contributed by atoms with Gasteiger partial charge in [0.25, 0.3) is 0 Å². The fourth-order valence-electron chi connectivity index (χ4n) is 4.27. The highest BCUT2D eigenvalue weighted by molar-refractivity contribution is 6.37. The number of halogens is 5. The molecule has 3 aromatic rings. The van der Waals surface area contributed by atoms with Gasteiger partial charge in [-0.15, -0.1) is 0 Å². The van der Waals surface area contributed by atoms with Crippen molar-refractivity contribution in [2.45, 2.75) is 12.1 Å². The minimum atomic E-state index is -4.60. The van der Waals surface area contributed by atoms with E-state index in [-0.39, 0.29) is 50.0 Å². The number of nitriles is 1. The molecule has 4 rings (SSSR count). The molecule has 0 saturated carbocycles. The quantitative estimate of drug-likeness (QED) is 0.326. The number of allylic oxidation sites excluding steroid dienone is 1. The van der Waals surface area contributed by atoms with E-state index in [0.29, 0.717) is 11.8 Å². The third-order valence-corrected chi connectivity index (χ3v) is 6.68. The summed E-state index contributed by atoms with van der Waals surface area (Å²) in [6, 6.07) is 14.7. The van der Waals surface area contributed by atoms with E-state index >= 15 is 0 Å².